The Morgan fingerprint density at radius 2 is 1.75 bits per heavy atom. The topological polar surface area (TPSA) is 89.3 Å². The molecule has 7 nitrogen and oxygen atoms in total. The summed E-state index contributed by atoms with van der Waals surface area (Å²) in [5.74, 6) is -0.366. The van der Waals surface area contributed by atoms with E-state index in [9.17, 15) is 9.59 Å². The summed E-state index contributed by atoms with van der Waals surface area (Å²) >= 11 is 0. The molecule has 0 aliphatic rings. The Morgan fingerprint density at radius 3 is 2.57 bits per heavy atom. The zero-order valence-electron chi connectivity index (χ0n) is 15.9. The minimum atomic E-state index is -0.432. The fraction of sp³-hybridized carbons (Fsp3) is 0.238. The number of H-pyrrole nitrogens is 1. The van der Waals surface area contributed by atoms with Crippen LogP contribution in [0.1, 0.15) is 22.3 Å². The van der Waals surface area contributed by atoms with Crippen molar-refractivity contribution in [2.75, 3.05) is 20.1 Å². The van der Waals surface area contributed by atoms with E-state index in [-0.39, 0.29) is 5.91 Å². The van der Waals surface area contributed by atoms with Crippen LogP contribution in [-0.4, -0.2) is 42.0 Å². The molecule has 1 aromatic heterocycles. The minimum Gasteiger partial charge on any atom is -0.360 e. The molecule has 4 N–H and O–H groups in total. The zero-order chi connectivity index (χ0) is 19.8. The van der Waals surface area contributed by atoms with E-state index in [4.69, 9.17) is 0 Å². The van der Waals surface area contributed by atoms with Crippen molar-refractivity contribution >= 4 is 22.8 Å². The molecule has 3 aromatic rings. The van der Waals surface area contributed by atoms with Gasteiger partial charge in [-0.2, -0.15) is 0 Å². The molecular weight excluding hydrogens is 354 g/mol. The molecule has 2 aromatic carbocycles. The Balaban J connectivity index is 1.34. The molecule has 0 atom stereocenters. The van der Waals surface area contributed by atoms with Crippen molar-refractivity contribution < 1.29 is 9.59 Å². The van der Waals surface area contributed by atoms with Crippen molar-refractivity contribution in [2.45, 2.75) is 13.0 Å². The van der Waals surface area contributed by atoms with E-state index < -0.39 is 6.03 Å². The molecule has 0 bridgehead atoms. The van der Waals surface area contributed by atoms with Gasteiger partial charge in [-0.05, 0) is 31.6 Å². The quantitative estimate of drug-likeness (QED) is 0.376. The summed E-state index contributed by atoms with van der Waals surface area (Å²) < 4.78 is 0. The smallest absolute Gasteiger partial charge is 0.333 e. The van der Waals surface area contributed by atoms with Crippen LogP contribution in [0.2, 0.25) is 0 Å². The number of rotatable bonds is 7. The molecule has 3 rings (SSSR count). The number of aromatic nitrogens is 1. The van der Waals surface area contributed by atoms with Crippen molar-refractivity contribution in [1.82, 2.24) is 26.1 Å². The van der Waals surface area contributed by atoms with Crippen LogP contribution in [0, 0.1) is 0 Å². The first kappa shape index (κ1) is 19.4. The highest BCUT2D eigenvalue weighted by Gasteiger charge is 2.12. The molecule has 0 spiro atoms. The van der Waals surface area contributed by atoms with Crippen LogP contribution >= 0.6 is 0 Å². The van der Waals surface area contributed by atoms with Crippen LogP contribution < -0.4 is 16.2 Å². The first-order chi connectivity index (χ1) is 13.6. The maximum Gasteiger partial charge on any atom is 0.333 e. The second-order valence-electron chi connectivity index (χ2n) is 6.66. The second kappa shape index (κ2) is 9.57. The molecule has 0 aliphatic heterocycles. The van der Waals surface area contributed by atoms with Gasteiger partial charge in [0.15, 0.2) is 0 Å². The summed E-state index contributed by atoms with van der Waals surface area (Å²) in [6.07, 6.45) is 2.44. The molecule has 7 heteroatoms. The van der Waals surface area contributed by atoms with Crippen LogP contribution in [-0.2, 0) is 6.54 Å². The molecule has 1 heterocycles. The lowest BCUT2D eigenvalue weighted by molar-refractivity contribution is 0.0938. The standard InChI is InChI=1S/C21H25N5O2/c1-26(15-16-8-3-2-4-9-16)13-7-12-22-21(28)25-24-20(27)18-14-23-19-11-6-5-10-17(18)19/h2-6,8-11,14,23H,7,12-13,15H2,1H3,(H,24,27)(H2,22,25,28). The Hall–Kier alpha value is -3.32. The highest BCUT2D eigenvalue weighted by molar-refractivity contribution is 6.06. The van der Waals surface area contributed by atoms with Gasteiger partial charge in [0, 0.05) is 30.2 Å². The molecule has 0 saturated carbocycles. The first-order valence-corrected chi connectivity index (χ1v) is 9.26. The lowest BCUT2D eigenvalue weighted by atomic mass is 10.2. The summed E-state index contributed by atoms with van der Waals surface area (Å²) in [5, 5.41) is 3.55. The minimum absolute atomic E-state index is 0.366. The van der Waals surface area contributed by atoms with Crippen LogP contribution in [0.15, 0.2) is 60.8 Å². The number of hydrogen-bond donors (Lipinski definition) is 4. The van der Waals surface area contributed by atoms with Gasteiger partial charge in [0.2, 0.25) is 0 Å². The Kier molecular flexibility index (Phi) is 6.64. The van der Waals surface area contributed by atoms with Crippen LogP contribution in [0.25, 0.3) is 10.9 Å². The monoisotopic (exact) mass is 379 g/mol. The molecule has 146 valence electrons. The van der Waals surface area contributed by atoms with E-state index in [1.165, 1.54) is 5.56 Å². The number of hydrazine groups is 1. The number of urea groups is 1. The fourth-order valence-corrected chi connectivity index (χ4v) is 3.01. The van der Waals surface area contributed by atoms with E-state index in [1.54, 1.807) is 6.20 Å². The molecule has 0 radical (unpaired) electrons. The van der Waals surface area contributed by atoms with Crippen LogP contribution in [0.3, 0.4) is 0 Å². The number of benzene rings is 2. The van der Waals surface area contributed by atoms with E-state index in [2.05, 4.69) is 45.2 Å². The Labute approximate surface area is 164 Å². The number of carbonyl (C=O) groups excluding carboxylic acids is 2. The molecular formula is C21H25N5O2. The number of fused-ring (bicyclic) bond motifs is 1. The van der Waals surface area contributed by atoms with Gasteiger partial charge in [0.25, 0.3) is 5.91 Å². The predicted octanol–water partition coefficient (Wildman–Crippen LogP) is 2.63. The van der Waals surface area contributed by atoms with Gasteiger partial charge in [-0.15, -0.1) is 0 Å². The number of carbonyl (C=O) groups is 2. The van der Waals surface area contributed by atoms with Crippen molar-refractivity contribution in [3.05, 3.63) is 71.9 Å². The SMILES string of the molecule is CN(CCCNC(=O)NNC(=O)c1c[nH]c2ccccc12)Cc1ccccc1. The van der Waals surface area contributed by atoms with Gasteiger partial charge in [-0.3, -0.25) is 10.2 Å². The Morgan fingerprint density at radius 1 is 1.00 bits per heavy atom. The van der Waals surface area contributed by atoms with Gasteiger partial charge in [0.1, 0.15) is 0 Å². The van der Waals surface area contributed by atoms with E-state index in [1.807, 2.05) is 42.5 Å². The second-order valence-corrected chi connectivity index (χ2v) is 6.66. The largest absolute Gasteiger partial charge is 0.360 e. The van der Waals surface area contributed by atoms with E-state index in [0.29, 0.717) is 12.1 Å². The molecule has 0 saturated heterocycles. The number of nitrogens with one attached hydrogen (secondary N) is 4. The van der Waals surface area contributed by atoms with Crippen molar-refractivity contribution in [1.29, 1.82) is 0 Å². The zero-order valence-corrected chi connectivity index (χ0v) is 15.9. The average Bonchev–Trinajstić information content (AvgIpc) is 3.14. The lowest BCUT2D eigenvalue weighted by Crippen LogP contribution is -2.47. The number of aromatic amines is 1. The summed E-state index contributed by atoms with van der Waals surface area (Å²) in [6, 6.07) is 17.3. The third kappa shape index (κ3) is 5.34. The van der Waals surface area contributed by atoms with Crippen molar-refractivity contribution in [3.8, 4) is 0 Å². The average molecular weight is 379 g/mol. The number of nitrogens with zero attached hydrogens (tertiary/aromatic N) is 1. The maximum atomic E-state index is 12.2. The van der Waals surface area contributed by atoms with E-state index in [0.717, 1.165) is 30.4 Å². The third-order valence-corrected chi connectivity index (χ3v) is 4.42. The first-order valence-electron chi connectivity index (χ1n) is 9.26. The lowest BCUT2D eigenvalue weighted by Gasteiger charge is -2.16. The maximum absolute atomic E-state index is 12.2. The summed E-state index contributed by atoms with van der Waals surface area (Å²) in [6.45, 7) is 2.25. The van der Waals surface area contributed by atoms with Crippen molar-refractivity contribution in [3.63, 3.8) is 0 Å². The third-order valence-electron chi connectivity index (χ3n) is 4.42. The highest BCUT2D eigenvalue weighted by atomic mass is 16.2. The summed E-state index contributed by atoms with van der Waals surface area (Å²) in [4.78, 5) is 29.3. The van der Waals surface area contributed by atoms with Crippen molar-refractivity contribution in [2.24, 2.45) is 0 Å². The Bertz CT molecular complexity index is 923. The van der Waals surface area contributed by atoms with Crippen LogP contribution in [0.5, 0.6) is 0 Å². The highest BCUT2D eigenvalue weighted by Crippen LogP contribution is 2.17. The van der Waals surface area contributed by atoms with Gasteiger partial charge >= 0.3 is 6.03 Å². The molecule has 0 unspecified atom stereocenters. The summed E-state index contributed by atoms with van der Waals surface area (Å²) in [5.41, 5.74) is 7.43. The fourth-order valence-electron chi connectivity index (χ4n) is 3.01. The van der Waals surface area contributed by atoms with Crippen LogP contribution in [0.4, 0.5) is 4.79 Å². The normalized spacial score (nSPS) is 10.8. The summed E-state index contributed by atoms with van der Waals surface area (Å²) in [7, 11) is 2.05. The molecule has 28 heavy (non-hydrogen) atoms. The van der Waals surface area contributed by atoms with Gasteiger partial charge in [0.05, 0.1) is 5.56 Å². The molecule has 3 amide bonds. The van der Waals surface area contributed by atoms with E-state index >= 15 is 0 Å². The molecule has 0 aliphatic carbocycles. The van der Waals surface area contributed by atoms with Gasteiger partial charge < -0.3 is 15.2 Å². The number of hydrogen-bond acceptors (Lipinski definition) is 3. The van der Waals surface area contributed by atoms with Gasteiger partial charge in [-0.25, -0.2) is 10.2 Å². The molecule has 0 fully saturated rings. The number of para-hydroxylation sites is 1. The number of amides is 3. The van der Waals surface area contributed by atoms with Gasteiger partial charge in [-0.1, -0.05) is 48.5 Å². The predicted molar refractivity (Wildman–Crippen MR) is 110 cm³/mol.